The zero-order valence-electron chi connectivity index (χ0n) is 16.7. The number of ether oxygens (including phenoxy) is 1. The van der Waals surface area contributed by atoms with Crippen LogP contribution < -0.4 is 15.4 Å². The van der Waals surface area contributed by atoms with E-state index in [9.17, 15) is 10.0 Å². The van der Waals surface area contributed by atoms with Crippen molar-refractivity contribution in [3.63, 3.8) is 0 Å². The molecule has 1 amide bonds. The highest BCUT2D eigenvalue weighted by Crippen LogP contribution is 2.34. The minimum Gasteiger partial charge on any atom is -0.494 e. The van der Waals surface area contributed by atoms with E-state index in [1.165, 1.54) is 0 Å². The fraction of sp³-hybridized carbons (Fsp3) is 0.579. The smallest absolute Gasteiger partial charge is 0.269 e. The average molecular weight is 522 g/mol. The molecule has 0 fully saturated rings. The second-order valence-electron chi connectivity index (χ2n) is 6.54. The molecule has 7 nitrogen and oxygen atoms in total. The molecule has 9 heteroatoms. The standard InChI is InChI=1S/C19H30Br2N4O3/c1-22-7-4-5-9-25(2)10-6-8-23-19(26)17(24-27)13-14-11-15(20)18(28-3)16(21)12-14/h11-12,22,27H,4-10,13H2,1-3H3,(H,23,26)/b24-17+. The van der Waals surface area contributed by atoms with Crippen LogP contribution >= 0.6 is 31.9 Å². The molecule has 0 saturated heterocycles. The Morgan fingerprint density at radius 2 is 1.82 bits per heavy atom. The molecule has 3 N–H and O–H groups in total. The van der Waals surface area contributed by atoms with E-state index in [2.05, 4.69) is 59.6 Å². The number of unbranched alkanes of at least 4 members (excludes halogenated alkanes) is 1. The molecule has 0 bridgehead atoms. The Labute approximate surface area is 184 Å². The number of hydrogen-bond acceptors (Lipinski definition) is 6. The van der Waals surface area contributed by atoms with Gasteiger partial charge in [0.25, 0.3) is 5.91 Å². The molecule has 1 rings (SSSR count). The molecule has 0 unspecified atom stereocenters. The maximum atomic E-state index is 12.3. The van der Waals surface area contributed by atoms with E-state index in [4.69, 9.17) is 4.74 Å². The Morgan fingerprint density at radius 3 is 2.39 bits per heavy atom. The van der Waals surface area contributed by atoms with Crippen LogP contribution in [0.5, 0.6) is 5.75 Å². The molecule has 1 aromatic rings. The highest BCUT2D eigenvalue weighted by Gasteiger charge is 2.15. The third-order valence-electron chi connectivity index (χ3n) is 4.24. The van der Waals surface area contributed by atoms with E-state index in [0.29, 0.717) is 12.3 Å². The lowest BCUT2D eigenvalue weighted by atomic mass is 10.1. The summed E-state index contributed by atoms with van der Waals surface area (Å²) >= 11 is 6.86. The zero-order valence-corrected chi connectivity index (χ0v) is 19.9. The zero-order chi connectivity index (χ0) is 20.9. The average Bonchev–Trinajstić information content (AvgIpc) is 2.66. The van der Waals surface area contributed by atoms with Crippen molar-refractivity contribution in [3.05, 3.63) is 26.6 Å². The van der Waals surface area contributed by atoms with Crippen molar-refractivity contribution < 1.29 is 14.7 Å². The molecule has 0 aliphatic heterocycles. The lowest BCUT2D eigenvalue weighted by Gasteiger charge is -2.16. The third-order valence-corrected chi connectivity index (χ3v) is 5.41. The maximum absolute atomic E-state index is 12.3. The second-order valence-corrected chi connectivity index (χ2v) is 8.25. The fourth-order valence-corrected chi connectivity index (χ4v) is 4.32. The molecule has 0 atom stereocenters. The molecular weight excluding hydrogens is 492 g/mol. The summed E-state index contributed by atoms with van der Waals surface area (Å²) in [5.41, 5.74) is 0.896. The molecule has 0 heterocycles. The number of halogens is 2. The van der Waals surface area contributed by atoms with Crippen molar-refractivity contribution >= 4 is 43.5 Å². The number of amides is 1. The van der Waals surface area contributed by atoms with E-state index in [0.717, 1.165) is 53.4 Å². The molecule has 0 aromatic heterocycles. The number of hydrogen-bond donors (Lipinski definition) is 3. The van der Waals surface area contributed by atoms with Crippen molar-refractivity contribution in [2.24, 2.45) is 5.16 Å². The maximum Gasteiger partial charge on any atom is 0.269 e. The first-order valence-electron chi connectivity index (χ1n) is 9.27. The number of carbonyl (C=O) groups is 1. The Morgan fingerprint density at radius 1 is 1.18 bits per heavy atom. The molecule has 0 aliphatic carbocycles. The van der Waals surface area contributed by atoms with Gasteiger partial charge in [0.2, 0.25) is 0 Å². The predicted molar refractivity (Wildman–Crippen MR) is 120 cm³/mol. The monoisotopic (exact) mass is 520 g/mol. The van der Waals surface area contributed by atoms with Gasteiger partial charge in [-0.25, -0.2) is 0 Å². The first-order chi connectivity index (χ1) is 13.4. The van der Waals surface area contributed by atoms with Crippen LogP contribution in [0.2, 0.25) is 0 Å². The number of nitrogens with zero attached hydrogens (tertiary/aromatic N) is 2. The Kier molecular flexibility index (Phi) is 12.4. The summed E-state index contributed by atoms with van der Waals surface area (Å²) in [5, 5.41) is 18.4. The molecule has 1 aromatic carbocycles. The van der Waals surface area contributed by atoms with Gasteiger partial charge in [0.1, 0.15) is 11.5 Å². The SMILES string of the molecule is CNCCCCN(C)CCCNC(=O)/C(Cc1cc(Br)c(OC)c(Br)c1)=N/O. The van der Waals surface area contributed by atoms with Crippen LogP contribution in [-0.2, 0) is 11.2 Å². The van der Waals surface area contributed by atoms with Crippen LogP contribution in [0.1, 0.15) is 24.8 Å². The number of benzene rings is 1. The summed E-state index contributed by atoms with van der Waals surface area (Å²) in [6, 6.07) is 3.68. The van der Waals surface area contributed by atoms with Crippen molar-refractivity contribution in [1.82, 2.24) is 15.5 Å². The number of rotatable bonds is 13. The van der Waals surface area contributed by atoms with E-state index < -0.39 is 0 Å². The highest BCUT2D eigenvalue weighted by molar-refractivity contribution is 9.11. The lowest BCUT2D eigenvalue weighted by molar-refractivity contribution is -0.115. The summed E-state index contributed by atoms with van der Waals surface area (Å²) in [6.07, 6.45) is 3.37. The minimum atomic E-state index is -0.359. The van der Waals surface area contributed by atoms with Gasteiger partial charge in [0.05, 0.1) is 16.1 Å². The molecular formula is C19H30Br2N4O3. The normalized spacial score (nSPS) is 11.7. The van der Waals surface area contributed by atoms with Gasteiger partial charge in [-0.3, -0.25) is 4.79 Å². The van der Waals surface area contributed by atoms with E-state index >= 15 is 0 Å². The highest BCUT2D eigenvalue weighted by atomic mass is 79.9. The van der Waals surface area contributed by atoms with Crippen LogP contribution in [0.3, 0.4) is 0 Å². The number of carbonyl (C=O) groups excluding carboxylic acids is 1. The van der Waals surface area contributed by atoms with Crippen molar-refractivity contribution in [1.29, 1.82) is 0 Å². The van der Waals surface area contributed by atoms with Gasteiger partial charge in [-0.05, 0) is 103 Å². The van der Waals surface area contributed by atoms with Crippen LogP contribution in [-0.4, -0.2) is 69.1 Å². The van der Waals surface area contributed by atoms with Gasteiger partial charge in [0.15, 0.2) is 0 Å². The number of nitrogens with one attached hydrogen (secondary N) is 2. The minimum absolute atomic E-state index is 0.0735. The van der Waals surface area contributed by atoms with E-state index in [-0.39, 0.29) is 18.0 Å². The Bertz CT molecular complexity index is 633. The van der Waals surface area contributed by atoms with Crippen molar-refractivity contribution in [2.45, 2.75) is 25.7 Å². The summed E-state index contributed by atoms with van der Waals surface area (Å²) < 4.78 is 6.79. The molecule has 0 radical (unpaired) electrons. The first-order valence-corrected chi connectivity index (χ1v) is 10.9. The Balaban J connectivity index is 2.42. The quantitative estimate of drug-likeness (QED) is 0.161. The van der Waals surface area contributed by atoms with E-state index in [1.807, 2.05) is 19.2 Å². The summed E-state index contributed by atoms with van der Waals surface area (Å²) in [7, 11) is 5.63. The van der Waals surface area contributed by atoms with Gasteiger partial charge in [-0.15, -0.1) is 0 Å². The first kappa shape index (κ1) is 24.9. The van der Waals surface area contributed by atoms with Gasteiger partial charge < -0.3 is 25.5 Å². The van der Waals surface area contributed by atoms with Gasteiger partial charge in [0, 0.05) is 13.0 Å². The van der Waals surface area contributed by atoms with Crippen LogP contribution in [0.4, 0.5) is 0 Å². The topological polar surface area (TPSA) is 86.2 Å². The molecule has 0 spiro atoms. The van der Waals surface area contributed by atoms with E-state index in [1.54, 1.807) is 7.11 Å². The van der Waals surface area contributed by atoms with Crippen molar-refractivity contribution in [2.75, 3.05) is 47.4 Å². The van der Waals surface area contributed by atoms with Crippen molar-refractivity contribution in [3.8, 4) is 5.75 Å². The predicted octanol–water partition coefficient (Wildman–Crippen LogP) is 3.03. The molecule has 0 aliphatic rings. The number of methoxy groups -OCH3 is 1. The summed E-state index contributed by atoms with van der Waals surface area (Å²) in [4.78, 5) is 14.5. The summed E-state index contributed by atoms with van der Waals surface area (Å²) in [5.74, 6) is 0.313. The van der Waals surface area contributed by atoms with Crippen LogP contribution in [0.25, 0.3) is 0 Å². The van der Waals surface area contributed by atoms with Crippen LogP contribution in [0.15, 0.2) is 26.2 Å². The fourth-order valence-electron chi connectivity index (χ4n) is 2.71. The number of oxime groups is 1. The van der Waals surface area contributed by atoms with Gasteiger partial charge >= 0.3 is 0 Å². The largest absolute Gasteiger partial charge is 0.494 e. The van der Waals surface area contributed by atoms with Gasteiger partial charge in [-0.2, -0.15) is 0 Å². The molecule has 0 saturated carbocycles. The van der Waals surface area contributed by atoms with Gasteiger partial charge in [-0.1, -0.05) is 5.16 Å². The Hall–Kier alpha value is -1.16. The molecule has 28 heavy (non-hydrogen) atoms. The lowest BCUT2D eigenvalue weighted by Crippen LogP contribution is -2.34. The molecule has 158 valence electrons. The van der Waals surface area contributed by atoms with Crippen LogP contribution in [0, 0.1) is 0 Å². The second kappa shape index (κ2) is 13.9. The third kappa shape index (κ3) is 8.89. The summed E-state index contributed by atoms with van der Waals surface area (Å²) in [6.45, 7) is 3.52.